The highest BCUT2D eigenvalue weighted by molar-refractivity contribution is 6.37. The predicted octanol–water partition coefficient (Wildman–Crippen LogP) is 3.52. The van der Waals surface area contributed by atoms with E-state index >= 15 is 0 Å². The third kappa shape index (κ3) is 10.6. The molecule has 1 fully saturated rings. The zero-order valence-corrected chi connectivity index (χ0v) is 28.5. The smallest absolute Gasteiger partial charge is 0.315 e. The summed E-state index contributed by atoms with van der Waals surface area (Å²) in [7, 11) is 1.59. The molecular formula is C34H43Cl2N7O5. The second-order valence-electron chi connectivity index (χ2n) is 11.5. The maximum Gasteiger partial charge on any atom is 0.315 e. The van der Waals surface area contributed by atoms with Crippen molar-refractivity contribution in [3.63, 3.8) is 0 Å². The summed E-state index contributed by atoms with van der Waals surface area (Å²) >= 11 is 12.3. The van der Waals surface area contributed by atoms with Gasteiger partial charge in [0.2, 0.25) is 11.8 Å². The molecule has 1 aliphatic heterocycles. The number of phenolic OH excluding ortho intramolecular Hbond substituents is 1. The molecule has 3 aromatic rings. The van der Waals surface area contributed by atoms with Gasteiger partial charge in [-0.15, -0.1) is 0 Å². The number of anilines is 1. The Morgan fingerprint density at radius 1 is 0.958 bits per heavy atom. The SMILES string of the molecule is COc1cccc(CCNC(=O)N[C@H](Cc2cc(Cl)c(O)c(Cl)c2)C(=O)N[C@@H](CCCCN)C(=O)N2CCN(c3ccncc3)CC2)c1. The molecule has 6 N–H and O–H groups in total. The van der Waals surface area contributed by atoms with Gasteiger partial charge < -0.3 is 41.3 Å². The summed E-state index contributed by atoms with van der Waals surface area (Å²) in [6.45, 7) is 3.03. The van der Waals surface area contributed by atoms with Gasteiger partial charge in [0.15, 0.2) is 5.75 Å². The number of carbonyl (C=O) groups excluding carboxylic acids is 3. The highest BCUT2D eigenvalue weighted by Gasteiger charge is 2.31. The van der Waals surface area contributed by atoms with E-state index in [0.717, 1.165) is 11.3 Å². The van der Waals surface area contributed by atoms with Gasteiger partial charge in [0.25, 0.3) is 0 Å². The van der Waals surface area contributed by atoms with Gasteiger partial charge in [-0.05, 0) is 79.8 Å². The molecule has 0 saturated carbocycles. The van der Waals surface area contributed by atoms with Gasteiger partial charge in [-0.1, -0.05) is 35.3 Å². The van der Waals surface area contributed by atoms with E-state index in [1.54, 1.807) is 24.4 Å². The van der Waals surface area contributed by atoms with Crippen LogP contribution in [0.25, 0.3) is 0 Å². The van der Waals surface area contributed by atoms with E-state index in [4.69, 9.17) is 33.7 Å². The molecule has 2 atom stereocenters. The van der Waals surface area contributed by atoms with Gasteiger partial charge in [-0.25, -0.2) is 4.79 Å². The van der Waals surface area contributed by atoms with E-state index in [-0.39, 0.29) is 28.1 Å². The second kappa shape index (κ2) is 18.3. The number of halogens is 2. The zero-order chi connectivity index (χ0) is 34.5. The summed E-state index contributed by atoms with van der Waals surface area (Å²) in [6, 6.07) is 11.9. The molecule has 1 saturated heterocycles. The van der Waals surface area contributed by atoms with Crippen LogP contribution in [0, 0.1) is 0 Å². The van der Waals surface area contributed by atoms with Crippen molar-refractivity contribution in [2.75, 3.05) is 51.3 Å². The number of nitrogens with zero attached hydrogens (tertiary/aromatic N) is 3. The largest absolute Gasteiger partial charge is 0.505 e. The number of piperazine rings is 1. The number of rotatable bonds is 15. The Hall–Kier alpha value is -4.26. The number of nitrogens with one attached hydrogen (secondary N) is 3. The summed E-state index contributed by atoms with van der Waals surface area (Å²) in [5, 5.41) is 18.5. The average Bonchev–Trinajstić information content (AvgIpc) is 3.10. The van der Waals surface area contributed by atoms with Crippen LogP contribution in [-0.4, -0.2) is 91.3 Å². The van der Waals surface area contributed by atoms with Crippen LogP contribution in [0.1, 0.15) is 30.4 Å². The molecule has 12 nitrogen and oxygen atoms in total. The first-order valence-electron chi connectivity index (χ1n) is 16.0. The number of phenols is 1. The van der Waals surface area contributed by atoms with Crippen molar-refractivity contribution >= 4 is 46.7 Å². The highest BCUT2D eigenvalue weighted by Crippen LogP contribution is 2.33. The maximum absolute atomic E-state index is 13.9. The van der Waals surface area contributed by atoms with Crippen LogP contribution in [0.4, 0.5) is 10.5 Å². The van der Waals surface area contributed by atoms with Crippen LogP contribution >= 0.6 is 23.2 Å². The zero-order valence-electron chi connectivity index (χ0n) is 27.0. The summed E-state index contributed by atoms with van der Waals surface area (Å²) in [5.41, 5.74) is 8.25. The molecule has 258 valence electrons. The number of unbranched alkanes of at least 4 members (excludes halogenated alkanes) is 1. The second-order valence-corrected chi connectivity index (χ2v) is 12.3. The summed E-state index contributed by atoms with van der Waals surface area (Å²) in [6.07, 6.45) is 5.74. The first-order valence-corrected chi connectivity index (χ1v) is 16.7. The molecule has 0 aliphatic carbocycles. The monoisotopic (exact) mass is 699 g/mol. The first-order chi connectivity index (χ1) is 23.2. The van der Waals surface area contributed by atoms with Gasteiger partial charge in [-0.2, -0.15) is 0 Å². The molecule has 0 radical (unpaired) electrons. The van der Waals surface area contributed by atoms with Gasteiger partial charge in [0.05, 0.1) is 17.2 Å². The molecular weight excluding hydrogens is 657 g/mol. The maximum atomic E-state index is 13.9. The lowest BCUT2D eigenvalue weighted by atomic mass is 10.0. The van der Waals surface area contributed by atoms with Crippen molar-refractivity contribution in [2.45, 2.75) is 44.2 Å². The molecule has 4 rings (SSSR count). The standard InChI is InChI=1S/C34H43Cl2N7O5/c1-48-26-6-4-5-23(19-26)8-14-39-34(47)41-30(22-24-20-27(35)31(44)28(36)21-24)32(45)40-29(7-2-3-11-37)33(46)43-17-15-42(16-18-43)25-9-12-38-13-10-25/h4-6,9-10,12-13,19-21,29-30,44H,2-3,7-8,11,14-18,22,37H2,1H3,(H,40,45)(H2,39,41,47)/t29-,30+/m0/s1. The number of benzene rings is 2. The molecule has 0 spiro atoms. The van der Waals surface area contributed by atoms with Crippen LogP contribution < -0.4 is 31.3 Å². The Kier molecular flexibility index (Phi) is 14.0. The van der Waals surface area contributed by atoms with Gasteiger partial charge >= 0.3 is 6.03 Å². The van der Waals surface area contributed by atoms with E-state index in [9.17, 15) is 19.5 Å². The molecule has 2 aromatic carbocycles. The van der Waals surface area contributed by atoms with Gasteiger partial charge in [0, 0.05) is 57.2 Å². The van der Waals surface area contributed by atoms with E-state index in [2.05, 4.69) is 25.8 Å². The first kappa shape index (κ1) is 36.6. The molecule has 48 heavy (non-hydrogen) atoms. The minimum absolute atomic E-state index is 0.00315. The van der Waals surface area contributed by atoms with E-state index in [0.29, 0.717) is 76.3 Å². The van der Waals surface area contributed by atoms with Crippen LogP contribution in [0.5, 0.6) is 11.5 Å². The van der Waals surface area contributed by atoms with Crippen molar-refractivity contribution < 1.29 is 24.2 Å². The highest BCUT2D eigenvalue weighted by atomic mass is 35.5. The number of ether oxygens (including phenoxy) is 1. The molecule has 2 heterocycles. The predicted molar refractivity (Wildman–Crippen MR) is 187 cm³/mol. The van der Waals surface area contributed by atoms with E-state index < -0.39 is 24.0 Å². The third-order valence-electron chi connectivity index (χ3n) is 8.15. The van der Waals surface area contributed by atoms with Crippen molar-refractivity contribution in [1.29, 1.82) is 0 Å². The quantitative estimate of drug-likeness (QED) is 0.151. The van der Waals surface area contributed by atoms with Crippen molar-refractivity contribution in [3.05, 3.63) is 82.1 Å². The Labute approximate surface area is 290 Å². The van der Waals surface area contributed by atoms with Crippen molar-refractivity contribution in [1.82, 2.24) is 25.8 Å². The molecule has 0 bridgehead atoms. The van der Waals surface area contributed by atoms with Crippen LogP contribution in [0.3, 0.4) is 0 Å². The van der Waals surface area contributed by atoms with Crippen LogP contribution in [0.2, 0.25) is 10.0 Å². The molecule has 14 heteroatoms. The number of methoxy groups -OCH3 is 1. The fraction of sp³-hybridized carbons (Fsp3) is 0.412. The van der Waals surface area contributed by atoms with E-state index in [1.807, 2.05) is 36.4 Å². The minimum Gasteiger partial charge on any atom is -0.505 e. The van der Waals surface area contributed by atoms with E-state index in [1.165, 1.54) is 12.1 Å². The summed E-state index contributed by atoms with van der Waals surface area (Å²) in [4.78, 5) is 48.7. The number of amides is 4. The molecule has 0 unspecified atom stereocenters. The Balaban J connectivity index is 1.45. The lowest BCUT2D eigenvalue weighted by Crippen LogP contribution is -2.58. The number of hydrogen-bond acceptors (Lipinski definition) is 8. The number of pyridine rings is 1. The van der Waals surface area contributed by atoms with Crippen LogP contribution in [0.15, 0.2) is 60.9 Å². The number of aromatic hydroxyl groups is 1. The number of aromatic nitrogens is 1. The van der Waals surface area contributed by atoms with Crippen molar-refractivity contribution in [2.24, 2.45) is 5.73 Å². The summed E-state index contributed by atoms with van der Waals surface area (Å²) < 4.78 is 5.27. The number of carbonyl (C=O) groups is 3. The molecule has 1 aliphatic rings. The van der Waals surface area contributed by atoms with Gasteiger partial charge in [0.1, 0.15) is 17.8 Å². The average molecular weight is 701 g/mol. The third-order valence-corrected chi connectivity index (χ3v) is 8.73. The fourth-order valence-electron chi connectivity index (χ4n) is 5.52. The Morgan fingerprint density at radius 3 is 2.33 bits per heavy atom. The Morgan fingerprint density at radius 2 is 1.67 bits per heavy atom. The number of urea groups is 1. The van der Waals surface area contributed by atoms with Gasteiger partial charge in [-0.3, -0.25) is 14.6 Å². The fourth-order valence-corrected chi connectivity index (χ4v) is 6.05. The minimum atomic E-state index is -1.09. The summed E-state index contributed by atoms with van der Waals surface area (Å²) in [5.74, 6) is -0.293. The lowest BCUT2D eigenvalue weighted by Gasteiger charge is -2.37. The number of nitrogens with two attached hydrogens (primary N) is 1. The normalized spacial score (nSPS) is 14.2. The number of hydrogen-bond donors (Lipinski definition) is 5. The van der Waals surface area contributed by atoms with Crippen molar-refractivity contribution in [3.8, 4) is 11.5 Å². The lowest BCUT2D eigenvalue weighted by molar-refractivity contribution is -0.137. The molecule has 4 amide bonds. The molecule has 1 aromatic heterocycles. The van der Waals surface area contributed by atoms with Crippen LogP contribution in [-0.2, 0) is 22.4 Å². The Bertz CT molecular complexity index is 1500. The topological polar surface area (TPSA) is 162 Å².